The van der Waals surface area contributed by atoms with Crippen molar-refractivity contribution in [2.75, 3.05) is 20.1 Å². The fourth-order valence-corrected chi connectivity index (χ4v) is 2.99. The number of carbonyl (C=O) groups is 1. The fraction of sp³-hybridized carbons (Fsp3) is 0.929. The summed E-state index contributed by atoms with van der Waals surface area (Å²) < 4.78 is 0. The molecule has 0 aliphatic carbocycles. The first kappa shape index (κ1) is 13.7. The van der Waals surface area contributed by atoms with E-state index in [0.717, 1.165) is 32.4 Å². The van der Waals surface area contributed by atoms with E-state index in [2.05, 4.69) is 25.8 Å². The van der Waals surface area contributed by atoms with Gasteiger partial charge in [0, 0.05) is 11.3 Å². The molecule has 0 saturated carbocycles. The van der Waals surface area contributed by atoms with Crippen molar-refractivity contribution in [1.82, 2.24) is 4.90 Å². The molecule has 0 unspecified atom stereocenters. The molecule has 1 heterocycles. The molecular formula is C14H27NO. The first-order valence-electron chi connectivity index (χ1n) is 6.60. The molecule has 94 valence electrons. The summed E-state index contributed by atoms with van der Waals surface area (Å²) in [7, 11) is 2.15. The molecule has 1 rings (SSSR count). The molecule has 0 radical (unpaired) electrons. The average Bonchev–Trinajstić information content (AvgIpc) is 2.20. The summed E-state index contributed by atoms with van der Waals surface area (Å²) in [4.78, 5) is 14.8. The van der Waals surface area contributed by atoms with Crippen molar-refractivity contribution in [3.05, 3.63) is 0 Å². The third-order valence-electron chi connectivity index (χ3n) is 3.79. The van der Waals surface area contributed by atoms with Crippen molar-refractivity contribution in [3.8, 4) is 0 Å². The Balaban J connectivity index is 2.81. The van der Waals surface area contributed by atoms with Crippen LogP contribution in [-0.4, -0.2) is 30.8 Å². The zero-order valence-electron chi connectivity index (χ0n) is 11.5. The maximum absolute atomic E-state index is 12.4. The van der Waals surface area contributed by atoms with Crippen LogP contribution in [0.25, 0.3) is 0 Å². The van der Waals surface area contributed by atoms with Crippen molar-refractivity contribution in [2.24, 2.45) is 17.3 Å². The second-order valence-corrected chi connectivity index (χ2v) is 6.20. The second-order valence-electron chi connectivity index (χ2n) is 6.20. The van der Waals surface area contributed by atoms with Gasteiger partial charge in [0.1, 0.15) is 5.78 Å². The summed E-state index contributed by atoms with van der Waals surface area (Å²) in [6.45, 7) is 10.7. The van der Waals surface area contributed by atoms with E-state index in [-0.39, 0.29) is 11.3 Å². The van der Waals surface area contributed by atoms with Crippen LogP contribution in [0.2, 0.25) is 0 Å². The minimum absolute atomic E-state index is 0.0190. The predicted octanol–water partition coefficient (Wildman–Crippen LogP) is 2.97. The number of Topliss-reactive ketones (excluding diaryl/α,β-unsaturated/α-hetero) is 1. The number of piperidine rings is 1. The average molecular weight is 225 g/mol. The van der Waals surface area contributed by atoms with Crippen LogP contribution in [0.15, 0.2) is 0 Å². The standard InChI is InChI=1S/C14H27NO/c1-11(2)10-14(13(16)12(3)4)6-8-15(5)9-7-14/h11-12H,6-10H2,1-5H3. The van der Waals surface area contributed by atoms with Crippen molar-refractivity contribution < 1.29 is 4.79 Å². The van der Waals surface area contributed by atoms with E-state index in [4.69, 9.17) is 0 Å². The number of hydrogen-bond acceptors (Lipinski definition) is 2. The molecule has 0 bridgehead atoms. The molecule has 0 aromatic rings. The monoisotopic (exact) mass is 225 g/mol. The van der Waals surface area contributed by atoms with Gasteiger partial charge in [-0.05, 0) is 45.3 Å². The maximum atomic E-state index is 12.4. The number of carbonyl (C=O) groups excluding carboxylic acids is 1. The number of ketones is 1. The summed E-state index contributed by atoms with van der Waals surface area (Å²) in [6, 6.07) is 0. The van der Waals surface area contributed by atoms with Gasteiger partial charge in [-0.1, -0.05) is 27.7 Å². The fourth-order valence-electron chi connectivity index (χ4n) is 2.99. The molecule has 1 aliphatic heterocycles. The molecular weight excluding hydrogens is 198 g/mol. The van der Waals surface area contributed by atoms with Crippen LogP contribution in [-0.2, 0) is 4.79 Å². The van der Waals surface area contributed by atoms with Gasteiger partial charge in [0.05, 0.1) is 0 Å². The molecule has 0 atom stereocenters. The number of hydrogen-bond donors (Lipinski definition) is 0. The Morgan fingerprint density at radius 3 is 2.06 bits per heavy atom. The first-order chi connectivity index (χ1) is 7.37. The highest BCUT2D eigenvalue weighted by molar-refractivity contribution is 5.86. The van der Waals surface area contributed by atoms with Crippen molar-refractivity contribution in [3.63, 3.8) is 0 Å². The summed E-state index contributed by atoms with van der Waals surface area (Å²) in [5.41, 5.74) is -0.0190. The maximum Gasteiger partial charge on any atom is 0.141 e. The molecule has 0 aromatic carbocycles. The molecule has 1 aliphatic rings. The van der Waals surface area contributed by atoms with Gasteiger partial charge < -0.3 is 4.90 Å². The van der Waals surface area contributed by atoms with Crippen LogP contribution >= 0.6 is 0 Å². The number of rotatable bonds is 4. The Morgan fingerprint density at radius 1 is 1.19 bits per heavy atom. The lowest BCUT2D eigenvalue weighted by Gasteiger charge is -2.41. The summed E-state index contributed by atoms with van der Waals surface area (Å²) >= 11 is 0. The Morgan fingerprint density at radius 2 is 1.69 bits per heavy atom. The van der Waals surface area contributed by atoms with Gasteiger partial charge in [-0.15, -0.1) is 0 Å². The van der Waals surface area contributed by atoms with Gasteiger partial charge in [-0.3, -0.25) is 4.79 Å². The molecule has 0 aromatic heterocycles. The van der Waals surface area contributed by atoms with Crippen LogP contribution in [0.3, 0.4) is 0 Å². The minimum Gasteiger partial charge on any atom is -0.306 e. The van der Waals surface area contributed by atoms with Gasteiger partial charge in [0.25, 0.3) is 0 Å². The van der Waals surface area contributed by atoms with Crippen molar-refractivity contribution >= 4 is 5.78 Å². The minimum atomic E-state index is -0.0190. The highest BCUT2D eigenvalue weighted by atomic mass is 16.1. The van der Waals surface area contributed by atoms with Gasteiger partial charge in [-0.25, -0.2) is 0 Å². The Kier molecular flexibility index (Phi) is 4.54. The van der Waals surface area contributed by atoms with Gasteiger partial charge in [0.2, 0.25) is 0 Å². The zero-order valence-corrected chi connectivity index (χ0v) is 11.5. The first-order valence-corrected chi connectivity index (χ1v) is 6.60. The van der Waals surface area contributed by atoms with Gasteiger partial charge in [-0.2, -0.15) is 0 Å². The zero-order chi connectivity index (χ0) is 12.3. The summed E-state index contributed by atoms with van der Waals surface area (Å²) in [5.74, 6) is 1.29. The summed E-state index contributed by atoms with van der Waals surface area (Å²) in [5, 5.41) is 0. The van der Waals surface area contributed by atoms with Crippen LogP contribution in [0, 0.1) is 17.3 Å². The summed E-state index contributed by atoms with van der Waals surface area (Å²) in [6.07, 6.45) is 3.18. The molecule has 2 heteroatoms. The third-order valence-corrected chi connectivity index (χ3v) is 3.79. The topological polar surface area (TPSA) is 20.3 Å². The van der Waals surface area contributed by atoms with E-state index in [9.17, 15) is 4.79 Å². The molecule has 16 heavy (non-hydrogen) atoms. The van der Waals surface area contributed by atoms with Crippen molar-refractivity contribution in [1.29, 1.82) is 0 Å². The van der Waals surface area contributed by atoms with Crippen LogP contribution < -0.4 is 0 Å². The van der Waals surface area contributed by atoms with Crippen LogP contribution in [0.4, 0.5) is 0 Å². The quantitative estimate of drug-likeness (QED) is 0.733. The van der Waals surface area contributed by atoms with E-state index in [1.165, 1.54) is 0 Å². The molecule has 0 N–H and O–H groups in total. The van der Waals surface area contributed by atoms with E-state index >= 15 is 0 Å². The molecule has 0 spiro atoms. The lowest BCUT2D eigenvalue weighted by Crippen LogP contribution is -2.45. The van der Waals surface area contributed by atoms with Gasteiger partial charge in [0.15, 0.2) is 0 Å². The number of nitrogens with zero attached hydrogens (tertiary/aromatic N) is 1. The largest absolute Gasteiger partial charge is 0.306 e. The molecule has 2 nitrogen and oxygen atoms in total. The van der Waals surface area contributed by atoms with E-state index < -0.39 is 0 Å². The Hall–Kier alpha value is -0.370. The van der Waals surface area contributed by atoms with Crippen molar-refractivity contribution in [2.45, 2.75) is 47.0 Å². The third kappa shape index (κ3) is 3.07. The SMILES string of the molecule is CC(C)CC1(C(=O)C(C)C)CCN(C)CC1. The van der Waals surface area contributed by atoms with Crippen LogP contribution in [0.1, 0.15) is 47.0 Å². The smallest absolute Gasteiger partial charge is 0.141 e. The Labute approximate surface area is 100 Å². The highest BCUT2D eigenvalue weighted by Gasteiger charge is 2.41. The molecule has 1 saturated heterocycles. The Bertz CT molecular complexity index is 237. The van der Waals surface area contributed by atoms with Gasteiger partial charge >= 0.3 is 0 Å². The van der Waals surface area contributed by atoms with E-state index in [0.29, 0.717) is 11.7 Å². The predicted molar refractivity (Wildman–Crippen MR) is 68.5 cm³/mol. The lowest BCUT2D eigenvalue weighted by molar-refractivity contribution is -0.135. The van der Waals surface area contributed by atoms with Crippen LogP contribution in [0.5, 0.6) is 0 Å². The molecule has 0 amide bonds. The molecule has 1 fully saturated rings. The normalized spacial score (nSPS) is 21.7. The second kappa shape index (κ2) is 5.31. The lowest BCUT2D eigenvalue weighted by atomic mass is 9.67. The number of likely N-dealkylation sites (tertiary alicyclic amines) is 1. The van der Waals surface area contributed by atoms with E-state index in [1.54, 1.807) is 0 Å². The highest BCUT2D eigenvalue weighted by Crippen LogP contribution is 2.40. The van der Waals surface area contributed by atoms with E-state index in [1.807, 2.05) is 13.8 Å².